The first-order valence-corrected chi connectivity index (χ1v) is 5.89. The fourth-order valence-electron chi connectivity index (χ4n) is 1.79. The minimum Gasteiger partial charge on any atom is -0.497 e. The molecule has 1 aromatic heterocycles. The molecule has 0 fully saturated rings. The van der Waals surface area contributed by atoms with Gasteiger partial charge in [0.05, 0.1) is 18.7 Å². The summed E-state index contributed by atoms with van der Waals surface area (Å²) in [5.74, 6) is -0.107. The number of aromatic nitrogens is 1. The second-order valence-electron chi connectivity index (χ2n) is 4.36. The van der Waals surface area contributed by atoms with Gasteiger partial charge in [-0.2, -0.15) is 0 Å². The largest absolute Gasteiger partial charge is 0.497 e. The number of ether oxygens (including phenoxy) is 2. The Balaban J connectivity index is 2.72. The molecule has 0 aliphatic carbocycles. The van der Waals surface area contributed by atoms with E-state index in [4.69, 9.17) is 9.47 Å². The summed E-state index contributed by atoms with van der Waals surface area (Å²) in [6, 6.07) is 5.27. The quantitative estimate of drug-likeness (QED) is 0.916. The van der Waals surface area contributed by atoms with Crippen LogP contribution >= 0.6 is 0 Å². The first kappa shape index (κ1) is 13.1. The number of carboxylic acid groups (broad SMARTS) is 1. The van der Waals surface area contributed by atoms with Crippen LogP contribution in [0.4, 0.5) is 0 Å². The number of benzene rings is 1. The topological polar surface area (TPSA) is 68.7 Å². The zero-order valence-electron chi connectivity index (χ0n) is 11.0. The average molecular weight is 261 g/mol. The number of aromatic carboxylic acids is 1. The number of carbonyl (C=O) groups is 1. The third-order valence-electron chi connectivity index (χ3n) is 2.61. The molecule has 0 unspecified atom stereocenters. The van der Waals surface area contributed by atoms with Gasteiger partial charge in [0.15, 0.2) is 0 Å². The van der Waals surface area contributed by atoms with Gasteiger partial charge in [-0.15, -0.1) is 0 Å². The minimum atomic E-state index is -1.06. The number of methoxy groups -OCH3 is 1. The summed E-state index contributed by atoms with van der Waals surface area (Å²) in [5, 5.41) is 9.85. The molecule has 0 aliphatic rings. The van der Waals surface area contributed by atoms with Crippen LogP contribution in [0.2, 0.25) is 0 Å². The van der Waals surface area contributed by atoms with E-state index in [1.54, 1.807) is 25.3 Å². The molecule has 2 rings (SSSR count). The zero-order chi connectivity index (χ0) is 14.0. The van der Waals surface area contributed by atoms with E-state index < -0.39 is 5.97 Å². The standard InChI is InChI=1S/C14H15NO4/c1-8(2)19-13-10-6-9(18-3)4-5-12(10)15-7-11(13)14(16)17/h4-8H,1-3H3,(H,16,17). The normalized spacial score (nSPS) is 10.7. The van der Waals surface area contributed by atoms with Crippen molar-refractivity contribution in [2.24, 2.45) is 0 Å². The van der Waals surface area contributed by atoms with Gasteiger partial charge in [-0.25, -0.2) is 4.79 Å². The van der Waals surface area contributed by atoms with Gasteiger partial charge in [0.1, 0.15) is 17.1 Å². The van der Waals surface area contributed by atoms with Crippen LogP contribution in [0.15, 0.2) is 24.4 Å². The lowest BCUT2D eigenvalue weighted by molar-refractivity contribution is 0.0690. The maximum atomic E-state index is 11.3. The highest BCUT2D eigenvalue weighted by Crippen LogP contribution is 2.32. The van der Waals surface area contributed by atoms with Gasteiger partial charge in [0.2, 0.25) is 0 Å². The van der Waals surface area contributed by atoms with Crippen molar-refractivity contribution < 1.29 is 19.4 Å². The van der Waals surface area contributed by atoms with Crippen molar-refractivity contribution >= 4 is 16.9 Å². The van der Waals surface area contributed by atoms with E-state index in [9.17, 15) is 9.90 Å². The second-order valence-corrected chi connectivity index (χ2v) is 4.36. The molecule has 2 aromatic rings. The molecule has 5 nitrogen and oxygen atoms in total. The molecule has 1 aromatic carbocycles. The number of nitrogens with zero attached hydrogens (tertiary/aromatic N) is 1. The lowest BCUT2D eigenvalue weighted by Gasteiger charge is -2.15. The fraction of sp³-hybridized carbons (Fsp3) is 0.286. The van der Waals surface area contributed by atoms with Crippen LogP contribution in [0, 0.1) is 0 Å². The Bertz CT molecular complexity index is 622. The maximum absolute atomic E-state index is 11.3. The predicted octanol–water partition coefficient (Wildman–Crippen LogP) is 2.73. The Labute approximate surface area is 110 Å². The number of carboxylic acids is 1. The van der Waals surface area contributed by atoms with E-state index in [2.05, 4.69) is 4.98 Å². The van der Waals surface area contributed by atoms with Crippen LogP contribution < -0.4 is 9.47 Å². The smallest absolute Gasteiger partial charge is 0.341 e. The van der Waals surface area contributed by atoms with Crippen LogP contribution in [-0.4, -0.2) is 29.3 Å². The summed E-state index contributed by atoms with van der Waals surface area (Å²) in [6.45, 7) is 3.69. The monoisotopic (exact) mass is 261 g/mol. The maximum Gasteiger partial charge on any atom is 0.341 e. The number of pyridine rings is 1. The first-order chi connectivity index (χ1) is 9.02. The molecule has 5 heteroatoms. The highest BCUT2D eigenvalue weighted by molar-refractivity contribution is 5.99. The van der Waals surface area contributed by atoms with Crippen LogP contribution in [0.25, 0.3) is 10.9 Å². The Morgan fingerprint density at radius 2 is 2.11 bits per heavy atom. The molecule has 100 valence electrons. The van der Waals surface area contributed by atoms with Gasteiger partial charge in [0.25, 0.3) is 0 Å². The number of rotatable bonds is 4. The lowest BCUT2D eigenvalue weighted by atomic mass is 10.1. The van der Waals surface area contributed by atoms with E-state index >= 15 is 0 Å². The molecular formula is C14H15NO4. The Kier molecular flexibility index (Phi) is 3.55. The molecule has 0 atom stereocenters. The number of hydrogen-bond donors (Lipinski definition) is 1. The van der Waals surface area contributed by atoms with Crippen molar-refractivity contribution in [2.45, 2.75) is 20.0 Å². The van der Waals surface area contributed by atoms with E-state index in [0.29, 0.717) is 22.4 Å². The number of fused-ring (bicyclic) bond motifs is 1. The van der Waals surface area contributed by atoms with Crippen molar-refractivity contribution in [1.29, 1.82) is 0 Å². The van der Waals surface area contributed by atoms with Gasteiger partial charge >= 0.3 is 5.97 Å². The molecule has 0 saturated heterocycles. The van der Waals surface area contributed by atoms with Gasteiger partial charge in [0, 0.05) is 11.6 Å². The Morgan fingerprint density at radius 1 is 1.37 bits per heavy atom. The third kappa shape index (κ3) is 2.59. The zero-order valence-corrected chi connectivity index (χ0v) is 11.0. The summed E-state index contributed by atoms with van der Waals surface area (Å²) in [4.78, 5) is 15.4. The summed E-state index contributed by atoms with van der Waals surface area (Å²) < 4.78 is 10.8. The van der Waals surface area contributed by atoms with Crippen LogP contribution in [0.3, 0.4) is 0 Å². The number of hydrogen-bond acceptors (Lipinski definition) is 4. The highest BCUT2D eigenvalue weighted by Gasteiger charge is 2.17. The van der Waals surface area contributed by atoms with Crippen LogP contribution in [0.5, 0.6) is 11.5 Å². The van der Waals surface area contributed by atoms with Crippen molar-refractivity contribution in [3.8, 4) is 11.5 Å². The highest BCUT2D eigenvalue weighted by atomic mass is 16.5. The van der Waals surface area contributed by atoms with Crippen molar-refractivity contribution in [1.82, 2.24) is 4.98 Å². The Hall–Kier alpha value is -2.30. The van der Waals surface area contributed by atoms with Gasteiger partial charge in [-0.3, -0.25) is 4.98 Å². The summed E-state index contributed by atoms with van der Waals surface area (Å²) in [7, 11) is 1.55. The average Bonchev–Trinajstić information content (AvgIpc) is 2.37. The molecule has 0 bridgehead atoms. The summed E-state index contributed by atoms with van der Waals surface area (Å²) in [5.41, 5.74) is 0.718. The van der Waals surface area contributed by atoms with E-state index in [0.717, 1.165) is 0 Å². The lowest BCUT2D eigenvalue weighted by Crippen LogP contribution is -2.11. The summed E-state index contributed by atoms with van der Waals surface area (Å²) >= 11 is 0. The third-order valence-corrected chi connectivity index (χ3v) is 2.61. The van der Waals surface area contributed by atoms with Gasteiger partial charge in [-0.05, 0) is 32.0 Å². The first-order valence-electron chi connectivity index (χ1n) is 5.89. The van der Waals surface area contributed by atoms with Crippen LogP contribution in [-0.2, 0) is 0 Å². The molecule has 0 spiro atoms. The molecule has 0 aliphatic heterocycles. The Morgan fingerprint density at radius 3 is 2.68 bits per heavy atom. The molecular weight excluding hydrogens is 246 g/mol. The molecule has 19 heavy (non-hydrogen) atoms. The SMILES string of the molecule is COc1ccc2ncc(C(=O)O)c(OC(C)C)c2c1. The predicted molar refractivity (Wildman–Crippen MR) is 71.0 cm³/mol. The molecule has 0 amide bonds. The molecule has 0 radical (unpaired) electrons. The van der Waals surface area contributed by atoms with Crippen LogP contribution in [0.1, 0.15) is 24.2 Å². The van der Waals surface area contributed by atoms with Crippen molar-refractivity contribution in [3.05, 3.63) is 30.0 Å². The summed E-state index contributed by atoms with van der Waals surface area (Å²) in [6.07, 6.45) is 1.18. The van der Waals surface area contributed by atoms with Crippen molar-refractivity contribution in [2.75, 3.05) is 7.11 Å². The molecule has 1 N–H and O–H groups in total. The van der Waals surface area contributed by atoms with E-state index in [1.807, 2.05) is 13.8 Å². The van der Waals surface area contributed by atoms with Gasteiger partial charge in [-0.1, -0.05) is 0 Å². The van der Waals surface area contributed by atoms with Crippen molar-refractivity contribution in [3.63, 3.8) is 0 Å². The molecule has 0 saturated carbocycles. The van der Waals surface area contributed by atoms with E-state index in [1.165, 1.54) is 6.20 Å². The van der Waals surface area contributed by atoms with E-state index in [-0.39, 0.29) is 11.7 Å². The van der Waals surface area contributed by atoms with Gasteiger partial charge < -0.3 is 14.6 Å². The molecule has 1 heterocycles. The fourth-order valence-corrected chi connectivity index (χ4v) is 1.79. The second kappa shape index (κ2) is 5.14. The minimum absolute atomic E-state index is 0.0504.